The van der Waals surface area contributed by atoms with Crippen molar-refractivity contribution in [3.05, 3.63) is 11.9 Å². The first-order chi connectivity index (χ1) is 8.65. The molecule has 0 saturated carbocycles. The van der Waals surface area contributed by atoms with Gasteiger partial charge in [-0.3, -0.25) is 0 Å². The van der Waals surface area contributed by atoms with Crippen LogP contribution >= 0.6 is 11.8 Å². The average Bonchev–Trinajstić information content (AvgIpc) is 2.35. The summed E-state index contributed by atoms with van der Waals surface area (Å²) in [6.07, 6.45) is 3.21. The van der Waals surface area contributed by atoms with Crippen LogP contribution in [0.1, 0.15) is 26.1 Å². The van der Waals surface area contributed by atoms with E-state index in [4.69, 9.17) is 10.5 Å². The van der Waals surface area contributed by atoms with Crippen molar-refractivity contribution in [2.45, 2.75) is 32.1 Å². The standard InChI is InChI=1S/C12H22N4OS/c1-4-17-8-12-15-10(13)7-11(16-12)14-6-5-9(2)18-3/h7,9H,4-6,8H2,1-3H3,(H3,13,14,15,16). The lowest BCUT2D eigenvalue weighted by Gasteiger charge is -2.11. The van der Waals surface area contributed by atoms with Crippen molar-refractivity contribution < 1.29 is 4.74 Å². The Bertz CT molecular complexity index is 362. The van der Waals surface area contributed by atoms with Crippen molar-refractivity contribution in [2.75, 3.05) is 30.5 Å². The van der Waals surface area contributed by atoms with Gasteiger partial charge in [-0.2, -0.15) is 11.8 Å². The summed E-state index contributed by atoms with van der Waals surface area (Å²) >= 11 is 1.86. The van der Waals surface area contributed by atoms with E-state index in [1.165, 1.54) is 0 Å². The molecule has 1 unspecified atom stereocenters. The number of anilines is 2. The molecular formula is C12H22N4OS. The second kappa shape index (κ2) is 8.16. The summed E-state index contributed by atoms with van der Waals surface area (Å²) in [5.41, 5.74) is 5.74. The molecule has 0 fully saturated rings. The van der Waals surface area contributed by atoms with Crippen LogP contribution in [0.2, 0.25) is 0 Å². The van der Waals surface area contributed by atoms with Gasteiger partial charge in [0.2, 0.25) is 0 Å². The molecular weight excluding hydrogens is 248 g/mol. The minimum Gasteiger partial charge on any atom is -0.384 e. The third-order valence-corrected chi connectivity index (χ3v) is 3.53. The Morgan fingerprint density at radius 2 is 2.28 bits per heavy atom. The number of nitrogens with zero attached hydrogens (tertiary/aromatic N) is 2. The van der Waals surface area contributed by atoms with Crippen molar-refractivity contribution in [1.82, 2.24) is 9.97 Å². The Morgan fingerprint density at radius 3 is 2.94 bits per heavy atom. The van der Waals surface area contributed by atoms with E-state index in [9.17, 15) is 0 Å². The van der Waals surface area contributed by atoms with Gasteiger partial charge in [-0.25, -0.2) is 9.97 Å². The summed E-state index contributed by atoms with van der Waals surface area (Å²) in [4.78, 5) is 8.49. The fraction of sp³-hybridized carbons (Fsp3) is 0.667. The van der Waals surface area contributed by atoms with Crippen LogP contribution in [0.4, 0.5) is 11.6 Å². The van der Waals surface area contributed by atoms with E-state index < -0.39 is 0 Å². The summed E-state index contributed by atoms with van der Waals surface area (Å²) < 4.78 is 5.28. The first-order valence-electron chi connectivity index (χ1n) is 6.13. The minimum absolute atomic E-state index is 0.400. The molecule has 5 nitrogen and oxygen atoms in total. The Kier molecular flexibility index (Phi) is 6.82. The fourth-order valence-electron chi connectivity index (χ4n) is 1.39. The zero-order valence-electron chi connectivity index (χ0n) is 11.3. The predicted molar refractivity (Wildman–Crippen MR) is 77.9 cm³/mol. The molecule has 0 radical (unpaired) electrons. The number of nitrogens with two attached hydrogens (primary N) is 1. The SMILES string of the molecule is CCOCc1nc(N)cc(NCCC(C)SC)n1. The average molecular weight is 270 g/mol. The zero-order chi connectivity index (χ0) is 13.4. The smallest absolute Gasteiger partial charge is 0.158 e. The zero-order valence-corrected chi connectivity index (χ0v) is 12.1. The molecule has 18 heavy (non-hydrogen) atoms. The molecule has 1 aromatic heterocycles. The quantitative estimate of drug-likeness (QED) is 0.754. The van der Waals surface area contributed by atoms with Crippen LogP contribution in [0.3, 0.4) is 0 Å². The Hall–Kier alpha value is -1.01. The summed E-state index contributed by atoms with van der Waals surface area (Å²) in [5, 5.41) is 3.91. The maximum Gasteiger partial charge on any atom is 0.158 e. The highest BCUT2D eigenvalue weighted by Crippen LogP contribution is 2.12. The highest BCUT2D eigenvalue weighted by Gasteiger charge is 2.04. The largest absolute Gasteiger partial charge is 0.384 e. The molecule has 0 bridgehead atoms. The molecule has 0 saturated heterocycles. The summed E-state index contributed by atoms with van der Waals surface area (Å²) in [6.45, 7) is 6.08. The maximum atomic E-state index is 5.74. The Labute approximate surface area is 113 Å². The lowest BCUT2D eigenvalue weighted by Crippen LogP contribution is -2.11. The van der Waals surface area contributed by atoms with Crippen LogP contribution in [0.15, 0.2) is 6.07 Å². The maximum absolute atomic E-state index is 5.74. The van der Waals surface area contributed by atoms with Gasteiger partial charge in [0, 0.05) is 24.5 Å². The number of hydrogen-bond donors (Lipinski definition) is 2. The molecule has 0 spiro atoms. The fourth-order valence-corrected chi connectivity index (χ4v) is 1.74. The van der Waals surface area contributed by atoms with E-state index in [0.29, 0.717) is 30.1 Å². The molecule has 1 rings (SSSR count). The van der Waals surface area contributed by atoms with Crippen LogP contribution in [-0.2, 0) is 11.3 Å². The van der Waals surface area contributed by atoms with Gasteiger partial charge in [0.25, 0.3) is 0 Å². The first kappa shape index (κ1) is 15.0. The predicted octanol–water partition coefficient (Wildman–Crippen LogP) is 2.15. The van der Waals surface area contributed by atoms with E-state index in [2.05, 4.69) is 28.5 Å². The van der Waals surface area contributed by atoms with Crippen molar-refractivity contribution in [1.29, 1.82) is 0 Å². The second-order valence-corrected chi connectivity index (χ2v) is 5.27. The minimum atomic E-state index is 0.400. The lowest BCUT2D eigenvalue weighted by atomic mass is 10.3. The van der Waals surface area contributed by atoms with E-state index in [1.54, 1.807) is 6.07 Å². The van der Waals surface area contributed by atoms with Crippen molar-refractivity contribution in [2.24, 2.45) is 0 Å². The van der Waals surface area contributed by atoms with Gasteiger partial charge in [-0.05, 0) is 19.6 Å². The third kappa shape index (κ3) is 5.55. The van der Waals surface area contributed by atoms with Gasteiger partial charge in [0.15, 0.2) is 5.82 Å². The van der Waals surface area contributed by atoms with Gasteiger partial charge in [-0.15, -0.1) is 0 Å². The van der Waals surface area contributed by atoms with Gasteiger partial charge < -0.3 is 15.8 Å². The second-order valence-electron chi connectivity index (χ2n) is 3.99. The van der Waals surface area contributed by atoms with E-state index in [-0.39, 0.29) is 0 Å². The topological polar surface area (TPSA) is 73.1 Å². The van der Waals surface area contributed by atoms with Crippen LogP contribution < -0.4 is 11.1 Å². The van der Waals surface area contributed by atoms with Gasteiger partial charge in [-0.1, -0.05) is 6.92 Å². The summed E-state index contributed by atoms with van der Waals surface area (Å²) in [6, 6.07) is 1.75. The molecule has 0 aliphatic rings. The molecule has 0 aromatic carbocycles. The van der Waals surface area contributed by atoms with E-state index >= 15 is 0 Å². The number of ether oxygens (including phenoxy) is 1. The van der Waals surface area contributed by atoms with Crippen molar-refractivity contribution >= 4 is 23.4 Å². The number of nitrogens with one attached hydrogen (secondary N) is 1. The van der Waals surface area contributed by atoms with Crippen LogP contribution in [0.25, 0.3) is 0 Å². The van der Waals surface area contributed by atoms with Crippen molar-refractivity contribution in [3.8, 4) is 0 Å². The molecule has 0 amide bonds. The molecule has 0 aliphatic heterocycles. The first-order valence-corrected chi connectivity index (χ1v) is 7.42. The molecule has 1 heterocycles. The molecule has 1 atom stereocenters. The Morgan fingerprint density at radius 1 is 1.50 bits per heavy atom. The van der Waals surface area contributed by atoms with Crippen LogP contribution in [0, 0.1) is 0 Å². The lowest BCUT2D eigenvalue weighted by molar-refractivity contribution is 0.128. The Balaban J connectivity index is 2.51. The summed E-state index contributed by atoms with van der Waals surface area (Å²) in [7, 11) is 0. The highest BCUT2D eigenvalue weighted by atomic mass is 32.2. The summed E-state index contributed by atoms with van der Waals surface area (Å²) in [5.74, 6) is 1.86. The number of nitrogen functional groups attached to an aromatic ring is 1. The number of rotatable bonds is 8. The number of thioether (sulfide) groups is 1. The van der Waals surface area contributed by atoms with Gasteiger partial charge >= 0.3 is 0 Å². The molecule has 3 N–H and O–H groups in total. The van der Waals surface area contributed by atoms with Crippen molar-refractivity contribution in [3.63, 3.8) is 0 Å². The number of aromatic nitrogens is 2. The highest BCUT2D eigenvalue weighted by molar-refractivity contribution is 7.99. The van der Waals surface area contributed by atoms with E-state index in [1.807, 2.05) is 18.7 Å². The normalized spacial score (nSPS) is 12.4. The molecule has 102 valence electrons. The number of hydrogen-bond acceptors (Lipinski definition) is 6. The monoisotopic (exact) mass is 270 g/mol. The van der Waals surface area contributed by atoms with Crippen LogP contribution in [0.5, 0.6) is 0 Å². The molecule has 0 aliphatic carbocycles. The van der Waals surface area contributed by atoms with Gasteiger partial charge in [0.05, 0.1) is 0 Å². The third-order valence-electron chi connectivity index (χ3n) is 2.49. The van der Waals surface area contributed by atoms with Gasteiger partial charge in [0.1, 0.15) is 18.2 Å². The van der Waals surface area contributed by atoms with Crippen LogP contribution in [-0.4, -0.2) is 34.6 Å². The molecule has 1 aromatic rings. The van der Waals surface area contributed by atoms with E-state index in [0.717, 1.165) is 18.8 Å². The molecule has 6 heteroatoms.